The van der Waals surface area contributed by atoms with Crippen molar-refractivity contribution in [2.24, 2.45) is 0 Å². The highest BCUT2D eigenvalue weighted by Crippen LogP contribution is 2.08. The summed E-state index contributed by atoms with van der Waals surface area (Å²) in [6, 6.07) is 0. The van der Waals surface area contributed by atoms with Crippen molar-refractivity contribution in [2.45, 2.75) is 51.9 Å². The molecule has 0 unspecified atom stereocenters. The molecule has 0 spiro atoms. The van der Waals surface area contributed by atoms with Crippen molar-refractivity contribution >= 4 is 5.94 Å². The third kappa shape index (κ3) is 7.36. The van der Waals surface area contributed by atoms with E-state index in [1.807, 2.05) is 0 Å². The zero-order chi connectivity index (χ0) is 9.23. The number of unbranched alkanes of at least 4 members (excludes halogenated alkanes) is 5. The van der Waals surface area contributed by atoms with E-state index in [2.05, 4.69) is 6.92 Å². The van der Waals surface area contributed by atoms with E-state index in [0.717, 1.165) is 12.8 Å². The van der Waals surface area contributed by atoms with Crippen LogP contribution in [0.4, 0.5) is 0 Å². The molecule has 0 rings (SSSR count). The first-order valence-corrected chi connectivity index (χ1v) is 4.74. The van der Waals surface area contributed by atoms with Gasteiger partial charge in [-0.1, -0.05) is 39.0 Å². The molecule has 70 valence electrons. The third-order valence-corrected chi connectivity index (χ3v) is 1.88. The predicted octanol–water partition coefficient (Wildman–Crippen LogP) is 3.01. The Hall–Kier alpha value is -0.750. The molecule has 0 aliphatic rings. The fourth-order valence-corrected chi connectivity index (χ4v) is 1.12. The van der Waals surface area contributed by atoms with Crippen molar-refractivity contribution < 1.29 is 9.90 Å². The average molecular weight is 170 g/mol. The maximum atomic E-state index is 9.86. The van der Waals surface area contributed by atoms with Gasteiger partial charge >= 0.3 is 0 Å². The van der Waals surface area contributed by atoms with Gasteiger partial charge in [0, 0.05) is 6.42 Å². The van der Waals surface area contributed by atoms with Crippen LogP contribution in [0.25, 0.3) is 0 Å². The lowest BCUT2D eigenvalue weighted by Crippen LogP contribution is -1.83. The predicted molar refractivity (Wildman–Crippen MR) is 49.8 cm³/mol. The van der Waals surface area contributed by atoms with Gasteiger partial charge in [0.2, 0.25) is 0 Å². The number of aliphatic hydroxyl groups excluding tert-OH is 1. The Morgan fingerprint density at radius 3 is 2.33 bits per heavy atom. The van der Waals surface area contributed by atoms with E-state index in [1.54, 1.807) is 0 Å². The SMILES string of the molecule is CCCCCCCCC(O)=C=O. The topological polar surface area (TPSA) is 37.3 Å². The maximum Gasteiger partial charge on any atom is 0.176 e. The highest BCUT2D eigenvalue weighted by atomic mass is 16.3. The summed E-state index contributed by atoms with van der Waals surface area (Å²) in [5.74, 6) is 1.36. The number of hydrogen-bond acceptors (Lipinski definition) is 2. The fraction of sp³-hybridized carbons (Fsp3) is 0.800. The summed E-state index contributed by atoms with van der Waals surface area (Å²) in [7, 11) is 0. The molecule has 0 bridgehead atoms. The molecule has 0 saturated carbocycles. The Balaban J connectivity index is 3.06. The average Bonchev–Trinajstić information content (AvgIpc) is 2.10. The lowest BCUT2D eigenvalue weighted by atomic mass is 10.1. The second-order valence-electron chi connectivity index (χ2n) is 3.07. The Bertz CT molecular complexity index is 146. The van der Waals surface area contributed by atoms with Crippen molar-refractivity contribution in [2.75, 3.05) is 0 Å². The molecule has 0 saturated heterocycles. The van der Waals surface area contributed by atoms with Crippen molar-refractivity contribution in [3.8, 4) is 0 Å². The Morgan fingerprint density at radius 1 is 1.17 bits per heavy atom. The van der Waals surface area contributed by atoms with Crippen LogP contribution in [0.3, 0.4) is 0 Å². The van der Waals surface area contributed by atoms with E-state index >= 15 is 0 Å². The zero-order valence-corrected chi connectivity index (χ0v) is 7.81. The first-order chi connectivity index (χ1) is 5.81. The Kier molecular flexibility index (Phi) is 7.83. The lowest BCUT2D eigenvalue weighted by Gasteiger charge is -1.98. The molecule has 0 aromatic rings. The standard InChI is InChI=1S/C10H18O2/c1-2-3-4-5-6-7-8-10(12)9-11/h12H,2-8H2,1H3. The summed E-state index contributed by atoms with van der Waals surface area (Å²) < 4.78 is 0. The number of hydrogen-bond donors (Lipinski definition) is 1. The monoisotopic (exact) mass is 170 g/mol. The van der Waals surface area contributed by atoms with Gasteiger partial charge in [-0.05, 0) is 6.42 Å². The Labute approximate surface area is 74.3 Å². The number of rotatable bonds is 7. The molecule has 0 aromatic carbocycles. The van der Waals surface area contributed by atoms with Crippen LogP contribution in [0.1, 0.15) is 51.9 Å². The van der Waals surface area contributed by atoms with Gasteiger partial charge in [-0.25, -0.2) is 4.79 Å². The number of carbonyl (C=O) groups excluding carboxylic acids is 1. The molecule has 0 amide bonds. The van der Waals surface area contributed by atoms with E-state index < -0.39 is 0 Å². The van der Waals surface area contributed by atoms with Crippen LogP contribution in [0.15, 0.2) is 5.76 Å². The summed E-state index contributed by atoms with van der Waals surface area (Å²) in [6.45, 7) is 2.18. The lowest BCUT2D eigenvalue weighted by molar-refractivity contribution is 0.382. The largest absolute Gasteiger partial charge is 0.502 e. The highest BCUT2D eigenvalue weighted by molar-refractivity contribution is 5.48. The maximum absolute atomic E-state index is 9.86. The van der Waals surface area contributed by atoms with Crippen molar-refractivity contribution in [3.05, 3.63) is 5.76 Å². The van der Waals surface area contributed by atoms with Gasteiger partial charge in [-0.2, -0.15) is 0 Å². The third-order valence-electron chi connectivity index (χ3n) is 1.88. The minimum Gasteiger partial charge on any atom is -0.502 e. The van der Waals surface area contributed by atoms with E-state index in [0.29, 0.717) is 6.42 Å². The van der Waals surface area contributed by atoms with Gasteiger partial charge in [0.15, 0.2) is 11.7 Å². The van der Waals surface area contributed by atoms with Crippen molar-refractivity contribution in [3.63, 3.8) is 0 Å². The van der Waals surface area contributed by atoms with Crippen LogP contribution in [-0.2, 0) is 4.79 Å². The normalized spacial score (nSPS) is 9.42. The second kappa shape index (κ2) is 8.35. The van der Waals surface area contributed by atoms with Crippen LogP contribution in [0.5, 0.6) is 0 Å². The van der Waals surface area contributed by atoms with Gasteiger partial charge in [0.1, 0.15) is 0 Å². The first-order valence-electron chi connectivity index (χ1n) is 4.74. The number of aliphatic hydroxyl groups is 1. The molecule has 0 heterocycles. The molecule has 1 N–H and O–H groups in total. The molecule has 2 nitrogen and oxygen atoms in total. The molecular formula is C10H18O2. The van der Waals surface area contributed by atoms with Gasteiger partial charge in [0.05, 0.1) is 0 Å². The number of allylic oxidation sites excluding steroid dienone is 1. The molecule has 0 atom stereocenters. The van der Waals surface area contributed by atoms with Gasteiger partial charge < -0.3 is 5.11 Å². The van der Waals surface area contributed by atoms with Crippen LogP contribution >= 0.6 is 0 Å². The van der Waals surface area contributed by atoms with E-state index in [9.17, 15) is 4.79 Å². The quantitative estimate of drug-likeness (QED) is 0.362. The van der Waals surface area contributed by atoms with Crippen LogP contribution in [0, 0.1) is 0 Å². The molecule has 0 radical (unpaired) electrons. The first kappa shape index (κ1) is 11.2. The second-order valence-corrected chi connectivity index (χ2v) is 3.07. The summed E-state index contributed by atoms with van der Waals surface area (Å²) >= 11 is 0. The van der Waals surface area contributed by atoms with Gasteiger partial charge in [-0.3, -0.25) is 0 Å². The van der Waals surface area contributed by atoms with Gasteiger partial charge in [0.25, 0.3) is 0 Å². The summed E-state index contributed by atoms with van der Waals surface area (Å²) in [6.07, 6.45) is 7.52. The fourth-order valence-electron chi connectivity index (χ4n) is 1.12. The van der Waals surface area contributed by atoms with Crippen LogP contribution in [0.2, 0.25) is 0 Å². The van der Waals surface area contributed by atoms with Crippen LogP contribution in [-0.4, -0.2) is 11.0 Å². The zero-order valence-electron chi connectivity index (χ0n) is 7.81. The molecule has 12 heavy (non-hydrogen) atoms. The minimum atomic E-state index is -0.134. The highest BCUT2D eigenvalue weighted by Gasteiger charge is 1.93. The van der Waals surface area contributed by atoms with E-state index in [1.165, 1.54) is 31.6 Å². The molecule has 0 fully saturated rings. The van der Waals surface area contributed by atoms with Crippen molar-refractivity contribution in [1.29, 1.82) is 0 Å². The summed E-state index contributed by atoms with van der Waals surface area (Å²) in [5, 5.41) is 8.75. The van der Waals surface area contributed by atoms with Gasteiger partial charge in [-0.15, -0.1) is 0 Å². The van der Waals surface area contributed by atoms with E-state index in [4.69, 9.17) is 5.11 Å². The van der Waals surface area contributed by atoms with Crippen molar-refractivity contribution in [1.82, 2.24) is 0 Å². The molecule has 0 aliphatic heterocycles. The smallest absolute Gasteiger partial charge is 0.176 e. The molecular weight excluding hydrogens is 152 g/mol. The minimum absolute atomic E-state index is 0.134. The molecule has 0 aliphatic carbocycles. The summed E-state index contributed by atoms with van der Waals surface area (Å²) in [4.78, 5) is 9.86. The van der Waals surface area contributed by atoms with Crippen LogP contribution < -0.4 is 0 Å². The molecule has 2 heteroatoms. The summed E-state index contributed by atoms with van der Waals surface area (Å²) in [5.41, 5.74) is 0. The van der Waals surface area contributed by atoms with E-state index in [-0.39, 0.29) is 5.76 Å². The Morgan fingerprint density at radius 2 is 1.75 bits per heavy atom. The molecule has 0 aromatic heterocycles.